The zero-order chi connectivity index (χ0) is 23.9. The summed E-state index contributed by atoms with van der Waals surface area (Å²) < 4.78 is 0. The van der Waals surface area contributed by atoms with E-state index >= 15 is 0 Å². The van der Waals surface area contributed by atoms with Crippen LogP contribution >= 0.6 is 11.8 Å². The number of hydrogen-bond donors (Lipinski definition) is 2. The summed E-state index contributed by atoms with van der Waals surface area (Å²) in [6.07, 6.45) is 0. The Morgan fingerprint density at radius 3 is 1.91 bits per heavy atom. The molecule has 0 saturated carbocycles. The molecule has 0 aliphatic heterocycles. The molecule has 4 aromatic carbocycles. The molecule has 0 bridgehead atoms. The highest BCUT2D eigenvalue weighted by molar-refractivity contribution is 8.00. The van der Waals surface area contributed by atoms with Crippen molar-refractivity contribution in [2.24, 2.45) is 0 Å². The molecule has 0 aromatic heterocycles. The van der Waals surface area contributed by atoms with Crippen LogP contribution in [0.5, 0.6) is 0 Å². The SMILES string of the molecule is O=C(CSc1ccc(NC(=O)c2ccccc2C(=O)O)cc1)c1ccc(-c2ccccc2)cc1. The lowest BCUT2D eigenvalue weighted by Gasteiger charge is -2.09. The van der Waals surface area contributed by atoms with E-state index in [1.165, 1.54) is 23.9 Å². The zero-order valence-electron chi connectivity index (χ0n) is 18.1. The lowest BCUT2D eigenvalue weighted by Crippen LogP contribution is -2.16. The van der Waals surface area contributed by atoms with E-state index in [9.17, 15) is 19.5 Å². The molecule has 34 heavy (non-hydrogen) atoms. The van der Waals surface area contributed by atoms with Gasteiger partial charge in [-0.25, -0.2) is 4.79 Å². The molecule has 0 radical (unpaired) electrons. The number of benzene rings is 4. The summed E-state index contributed by atoms with van der Waals surface area (Å²) in [5, 5.41) is 12.0. The van der Waals surface area contributed by atoms with Crippen LogP contribution in [-0.2, 0) is 0 Å². The third kappa shape index (κ3) is 5.60. The fourth-order valence-electron chi connectivity index (χ4n) is 3.41. The number of nitrogens with one attached hydrogen (secondary N) is 1. The molecule has 5 nitrogen and oxygen atoms in total. The van der Waals surface area contributed by atoms with Crippen molar-refractivity contribution in [1.29, 1.82) is 0 Å². The maximum absolute atomic E-state index is 12.6. The third-order valence-electron chi connectivity index (χ3n) is 5.20. The van der Waals surface area contributed by atoms with Crippen molar-refractivity contribution in [3.05, 3.63) is 120 Å². The summed E-state index contributed by atoms with van der Waals surface area (Å²) in [5.41, 5.74) is 3.41. The first-order valence-corrected chi connectivity index (χ1v) is 11.5. The Bertz CT molecular complexity index is 1320. The van der Waals surface area contributed by atoms with Gasteiger partial charge >= 0.3 is 5.97 Å². The molecule has 0 spiro atoms. The number of amides is 1. The highest BCUT2D eigenvalue weighted by atomic mass is 32.2. The van der Waals surface area contributed by atoms with E-state index in [4.69, 9.17) is 0 Å². The highest BCUT2D eigenvalue weighted by Crippen LogP contribution is 2.24. The second kappa shape index (κ2) is 10.6. The van der Waals surface area contributed by atoms with E-state index in [0.717, 1.165) is 16.0 Å². The predicted molar refractivity (Wildman–Crippen MR) is 135 cm³/mol. The van der Waals surface area contributed by atoms with Crippen molar-refractivity contribution in [1.82, 2.24) is 0 Å². The number of carboxylic acid groups (broad SMARTS) is 1. The molecule has 4 rings (SSSR count). The average molecular weight is 468 g/mol. The summed E-state index contributed by atoms with van der Waals surface area (Å²) in [7, 11) is 0. The van der Waals surface area contributed by atoms with Gasteiger partial charge in [-0.3, -0.25) is 9.59 Å². The van der Waals surface area contributed by atoms with Crippen LogP contribution in [0.15, 0.2) is 108 Å². The number of thioether (sulfide) groups is 1. The topological polar surface area (TPSA) is 83.5 Å². The minimum Gasteiger partial charge on any atom is -0.478 e. The van der Waals surface area contributed by atoms with Gasteiger partial charge < -0.3 is 10.4 Å². The van der Waals surface area contributed by atoms with Gasteiger partial charge in [0.2, 0.25) is 0 Å². The van der Waals surface area contributed by atoms with Crippen molar-refractivity contribution >= 4 is 35.1 Å². The van der Waals surface area contributed by atoms with E-state index in [1.807, 2.05) is 66.7 Å². The molecule has 1 amide bonds. The van der Waals surface area contributed by atoms with E-state index in [-0.39, 0.29) is 16.9 Å². The van der Waals surface area contributed by atoms with Gasteiger partial charge in [0, 0.05) is 16.1 Å². The third-order valence-corrected chi connectivity index (χ3v) is 6.21. The summed E-state index contributed by atoms with van der Waals surface area (Å²) in [6, 6.07) is 30.7. The van der Waals surface area contributed by atoms with Gasteiger partial charge in [-0.2, -0.15) is 0 Å². The number of ketones is 1. The summed E-state index contributed by atoms with van der Waals surface area (Å²) in [5.74, 6) is -1.32. The lowest BCUT2D eigenvalue weighted by molar-refractivity contribution is 0.0692. The number of carbonyl (C=O) groups excluding carboxylic acids is 2. The molecule has 0 aliphatic carbocycles. The monoisotopic (exact) mass is 467 g/mol. The Kier molecular flexibility index (Phi) is 7.20. The number of Topliss-reactive ketones (excluding diaryl/α,β-unsaturated/α-hetero) is 1. The molecule has 168 valence electrons. The number of carboxylic acids is 1. The zero-order valence-corrected chi connectivity index (χ0v) is 18.9. The van der Waals surface area contributed by atoms with Gasteiger partial charge in [-0.1, -0.05) is 66.7 Å². The Morgan fingerprint density at radius 1 is 0.676 bits per heavy atom. The van der Waals surface area contributed by atoms with E-state index in [1.54, 1.807) is 24.3 Å². The summed E-state index contributed by atoms with van der Waals surface area (Å²) in [4.78, 5) is 37.3. The Balaban J connectivity index is 1.34. The average Bonchev–Trinajstić information content (AvgIpc) is 2.88. The van der Waals surface area contributed by atoms with Crippen molar-refractivity contribution in [2.75, 3.05) is 11.1 Å². The van der Waals surface area contributed by atoms with Gasteiger partial charge in [-0.05, 0) is 47.5 Å². The molecular weight excluding hydrogens is 446 g/mol. The Morgan fingerprint density at radius 2 is 1.26 bits per heavy atom. The van der Waals surface area contributed by atoms with E-state index in [2.05, 4.69) is 5.32 Å². The van der Waals surface area contributed by atoms with Crippen molar-refractivity contribution in [3.63, 3.8) is 0 Å². The second-order valence-electron chi connectivity index (χ2n) is 7.48. The van der Waals surface area contributed by atoms with E-state index in [0.29, 0.717) is 17.0 Å². The first-order valence-electron chi connectivity index (χ1n) is 10.6. The first-order chi connectivity index (χ1) is 16.5. The van der Waals surface area contributed by atoms with Gasteiger partial charge in [0.25, 0.3) is 5.91 Å². The van der Waals surface area contributed by atoms with Crippen LogP contribution in [0.1, 0.15) is 31.1 Å². The van der Waals surface area contributed by atoms with Gasteiger partial charge in [0.1, 0.15) is 0 Å². The number of aromatic carboxylic acids is 1. The second-order valence-corrected chi connectivity index (χ2v) is 8.53. The van der Waals surface area contributed by atoms with E-state index < -0.39 is 11.9 Å². The molecule has 4 aromatic rings. The minimum absolute atomic E-state index is 0.0345. The largest absolute Gasteiger partial charge is 0.478 e. The number of carbonyl (C=O) groups is 3. The molecule has 0 heterocycles. The maximum atomic E-state index is 12.6. The number of hydrogen-bond acceptors (Lipinski definition) is 4. The fraction of sp³-hybridized carbons (Fsp3) is 0.0357. The molecule has 0 fully saturated rings. The standard InChI is InChI=1S/C28H21NO4S/c30-26(21-12-10-20(11-13-21)19-6-2-1-3-7-19)18-34-23-16-14-22(15-17-23)29-27(31)24-8-4-5-9-25(24)28(32)33/h1-17H,18H2,(H,29,31)(H,32,33). The van der Waals surface area contributed by atoms with Crippen LogP contribution in [0.4, 0.5) is 5.69 Å². The predicted octanol–water partition coefficient (Wildman–Crippen LogP) is 6.28. The van der Waals surface area contributed by atoms with Crippen molar-refractivity contribution in [3.8, 4) is 11.1 Å². The number of rotatable bonds is 8. The lowest BCUT2D eigenvalue weighted by atomic mass is 10.0. The van der Waals surface area contributed by atoms with Crippen LogP contribution in [-0.4, -0.2) is 28.5 Å². The highest BCUT2D eigenvalue weighted by Gasteiger charge is 2.16. The fourth-order valence-corrected chi connectivity index (χ4v) is 4.20. The minimum atomic E-state index is -1.16. The van der Waals surface area contributed by atoms with Crippen LogP contribution < -0.4 is 5.32 Å². The van der Waals surface area contributed by atoms with Crippen molar-refractivity contribution in [2.45, 2.75) is 4.90 Å². The Labute approximate surface area is 201 Å². The molecule has 0 atom stereocenters. The number of anilines is 1. The van der Waals surface area contributed by atoms with Crippen molar-refractivity contribution < 1.29 is 19.5 Å². The van der Waals surface area contributed by atoms with Crippen LogP contribution in [0.25, 0.3) is 11.1 Å². The van der Waals surface area contributed by atoms with Crippen LogP contribution in [0.2, 0.25) is 0 Å². The molecule has 0 aliphatic rings. The van der Waals surface area contributed by atoms with Gasteiger partial charge in [0.05, 0.1) is 16.9 Å². The molecule has 2 N–H and O–H groups in total. The van der Waals surface area contributed by atoms with Crippen LogP contribution in [0.3, 0.4) is 0 Å². The molecule has 6 heteroatoms. The van der Waals surface area contributed by atoms with Gasteiger partial charge in [-0.15, -0.1) is 11.8 Å². The summed E-state index contributed by atoms with van der Waals surface area (Å²) >= 11 is 1.41. The Hall–Kier alpha value is -4.16. The normalized spacial score (nSPS) is 10.5. The van der Waals surface area contributed by atoms with Crippen LogP contribution in [0, 0.1) is 0 Å². The first kappa shape index (κ1) is 23.0. The maximum Gasteiger partial charge on any atom is 0.336 e. The smallest absolute Gasteiger partial charge is 0.336 e. The molecular formula is C28H21NO4S. The quantitative estimate of drug-likeness (QED) is 0.235. The van der Waals surface area contributed by atoms with Gasteiger partial charge in [0.15, 0.2) is 5.78 Å². The molecule has 0 unspecified atom stereocenters. The molecule has 0 saturated heterocycles. The summed E-state index contributed by atoms with van der Waals surface area (Å²) in [6.45, 7) is 0.